The lowest BCUT2D eigenvalue weighted by Crippen LogP contribution is -2.52. The molecule has 1 atom stereocenters. The van der Waals surface area contributed by atoms with Gasteiger partial charge < -0.3 is 15.2 Å². The van der Waals surface area contributed by atoms with Gasteiger partial charge in [-0.15, -0.1) is 0 Å². The summed E-state index contributed by atoms with van der Waals surface area (Å²) in [4.78, 5) is 4.86. The topological polar surface area (TPSA) is 48.0 Å². The molecule has 2 rings (SSSR count). The normalized spacial score (nSPS) is 31.2. The number of nitrogens with zero attached hydrogens (tertiary/aromatic N) is 2. The number of rotatable bonds is 3. The molecule has 5 nitrogen and oxygen atoms in total. The van der Waals surface area contributed by atoms with E-state index >= 15 is 0 Å². The summed E-state index contributed by atoms with van der Waals surface area (Å²) in [7, 11) is 0. The molecule has 5 heteroatoms. The van der Waals surface area contributed by atoms with Crippen LogP contribution >= 0.6 is 0 Å². The quantitative estimate of drug-likeness (QED) is 0.704. The molecule has 0 aromatic rings. The molecule has 2 fully saturated rings. The molecule has 2 heterocycles. The van der Waals surface area contributed by atoms with Crippen molar-refractivity contribution in [3.8, 4) is 0 Å². The molecular weight excluding hydrogens is 230 g/mol. The molecule has 18 heavy (non-hydrogen) atoms. The Balaban J connectivity index is 1.84. The molecule has 2 N–H and O–H groups in total. The fourth-order valence-electron chi connectivity index (χ4n) is 2.70. The van der Waals surface area contributed by atoms with Gasteiger partial charge in [-0.25, -0.2) is 0 Å². The molecule has 2 aliphatic heterocycles. The Morgan fingerprint density at radius 3 is 2.72 bits per heavy atom. The third kappa shape index (κ3) is 3.90. The number of aliphatic hydroxyl groups is 1. The number of ether oxygens (including phenoxy) is 1. The van der Waals surface area contributed by atoms with Gasteiger partial charge in [-0.05, 0) is 13.8 Å². The van der Waals surface area contributed by atoms with E-state index in [2.05, 4.69) is 29.0 Å². The van der Waals surface area contributed by atoms with Crippen molar-refractivity contribution in [2.45, 2.75) is 25.5 Å². The Labute approximate surface area is 110 Å². The average Bonchev–Trinajstić information content (AvgIpc) is 2.47. The summed E-state index contributed by atoms with van der Waals surface area (Å²) in [5.74, 6) is 0. The van der Waals surface area contributed by atoms with Gasteiger partial charge in [-0.3, -0.25) is 9.80 Å². The highest BCUT2D eigenvalue weighted by Gasteiger charge is 2.31. The average molecular weight is 257 g/mol. The second-order valence-electron chi connectivity index (χ2n) is 6.00. The summed E-state index contributed by atoms with van der Waals surface area (Å²) in [5, 5.41) is 13.2. The fraction of sp³-hybridized carbons (Fsp3) is 1.00. The molecule has 0 spiro atoms. The Kier molecular flexibility index (Phi) is 4.98. The van der Waals surface area contributed by atoms with Crippen molar-refractivity contribution in [2.24, 2.45) is 0 Å². The van der Waals surface area contributed by atoms with Crippen LogP contribution in [0, 0.1) is 0 Å². The number of aliphatic hydroxyl groups excluding tert-OH is 1. The molecule has 106 valence electrons. The molecule has 2 aliphatic rings. The van der Waals surface area contributed by atoms with Gasteiger partial charge in [-0.2, -0.15) is 0 Å². The summed E-state index contributed by atoms with van der Waals surface area (Å²) in [6, 6.07) is 0. The second kappa shape index (κ2) is 6.30. The van der Waals surface area contributed by atoms with Crippen LogP contribution < -0.4 is 5.32 Å². The van der Waals surface area contributed by atoms with E-state index in [0.717, 1.165) is 52.5 Å². The first-order chi connectivity index (χ1) is 8.58. The summed E-state index contributed by atoms with van der Waals surface area (Å²) >= 11 is 0. The van der Waals surface area contributed by atoms with Crippen LogP contribution in [0.5, 0.6) is 0 Å². The first kappa shape index (κ1) is 14.2. The molecule has 0 saturated carbocycles. The van der Waals surface area contributed by atoms with Crippen molar-refractivity contribution >= 4 is 0 Å². The van der Waals surface area contributed by atoms with Gasteiger partial charge in [0.15, 0.2) is 0 Å². The number of hydrogen-bond donors (Lipinski definition) is 2. The van der Waals surface area contributed by atoms with Gasteiger partial charge >= 0.3 is 0 Å². The van der Waals surface area contributed by atoms with Crippen LogP contribution in [0.1, 0.15) is 13.8 Å². The van der Waals surface area contributed by atoms with Gasteiger partial charge in [0.05, 0.1) is 19.3 Å². The van der Waals surface area contributed by atoms with Crippen molar-refractivity contribution < 1.29 is 9.84 Å². The molecule has 0 amide bonds. The van der Waals surface area contributed by atoms with E-state index in [9.17, 15) is 5.11 Å². The Morgan fingerprint density at radius 2 is 2.00 bits per heavy atom. The predicted molar refractivity (Wildman–Crippen MR) is 71.8 cm³/mol. The minimum atomic E-state index is -0.253. The van der Waals surface area contributed by atoms with Crippen molar-refractivity contribution in [3.05, 3.63) is 0 Å². The van der Waals surface area contributed by atoms with E-state index in [0.29, 0.717) is 6.54 Å². The van der Waals surface area contributed by atoms with Crippen molar-refractivity contribution in [2.75, 3.05) is 59.0 Å². The minimum Gasteiger partial charge on any atom is -0.390 e. The summed E-state index contributed by atoms with van der Waals surface area (Å²) in [6.45, 7) is 12.8. The predicted octanol–water partition coefficient (Wildman–Crippen LogP) is -0.637. The first-order valence-electron chi connectivity index (χ1n) is 7.02. The largest absolute Gasteiger partial charge is 0.390 e. The highest BCUT2D eigenvalue weighted by atomic mass is 16.5. The van der Waals surface area contributed by atoms with E-state index in [1.54, 1.807) is 0 Å². The van der Waals surface area contributed by atoms with Gasteiger partial charge in [0.2, 0.25) is 0 Å². The zero-order valence-corrected chi connectivity index (χ0v) is 11.7. The molecule has 0 aliphatic carbocycles. The molecule has 0 bridgehead atoms. The number of β-amino-alcohol motifs (C(OH)–C–C–N with tert-alkyl or cyclic N) is 1. The van der Waals surface area contributed by atoms with E-state index in [-0.39, 0.29) is 11.6 Å². The van der Waals surface area contributed by atoms with Crippen LogP contribution in [0.4, 0.5) is 0 Å². The maximum Gasteiger partial charge on any atom is 0.0791 e. The van der Waals surface area contributed by atoms with Crippen LogP contribution in [0.2, 0.25) is 0 Å². The summed E-state index contributed by atoms with van der Waals surface area (Å²) in [5.41, 5.74) is 0.115. The van der Waals surface area contributed by atoms with Crippen molar-refractivity contribution in [1.82, 2.24) is 15.1 Å². The minimum absolute atomic E-state index is 0.115. The smallest absolute Gasteiger partial charge is 0.0791 e. The van der Waals surface area contributed by atoms with E-state index in [1.165, 1.54) is 0 Å². The Hall–Kier alpha value is -0.200. The lowest BCUT2D eigenvalue weighted by atomic mass is 10.0. The maximum atomic E-state index is 9.89. The first-order valence-corrected chi connectivity index (χ1v) is 7.02. The molecule has 2 saturated heterocycles. The fourth-order valence-corrected chi connectivity index (χ4v) is 2.70. The van der Waals surface area contributed by atoms with E-state index in [4.69, 9.17) is 4.74 Å². The van der Waals surface area contributed by atoms with Crippen molar-refractivity contribution in [3.63, 3.8) is 0 Å². The summed E-state index contributed by atoms with van der Waals surface area (Å²) in [6.07, 6.45) is -0.253. The Bertz CT molecular complexity index is 255. The van der Waals surface area contributed by atoms with Crippen molar-refractivity contribution in [1.29, 1.82) is 0 Å². The third-order valence-corrected chi connectivity index (χ3v) is 4.01. The van der Waals surface area contributed by atoms with Gasteiger partial charge in [0.25, 0.3) is 0 Å². The zero-order valence-electron chi connectivity index (χ0n) is 11.7. The highest BCUT2D eigenvalue weighted by Crippen LogP contribution is 2.16. The van der Waals surface area contributed by atoms with Crippen LogP contribution in [0.25, 0.3) is 0 Å². The molecular formula is C13H27N3O2. The van der Waals surface area contributed by atoms with Crippen LogP contribution in [-0.4, -0.2) is 85.6 Å². The Morgan fingerprint density at radius 1 is 1.28 bits per heavy atom. The zero-order chi connectivity index (χ0) is 13.0. The number of hydrogen-bond acceptors (Lipinski definition) is 5. The number of nitrogens with one attached hydrogen (secondary N) is 1. The van der Waals surface area contributed by atoms with Crippen LogP contribution in [-0.2, 0) is 4.74 Å². The molecule has 0 radical (unpaired) electrons. The van der Waals surface area contributed by atoms with E-state index in [1.807, 2.05) is 0 Å². The second-order valence-corrected chi connectivity index (χ2v) is 6.00. The lowest BCUT2D eigenvalue weighted by Gasteiger charge is -2.39. The monoisotopic (exact) mass is 257 g/mol. The molecule has 1 unspecified atom stereocenters. The summed E-state index contributed by atoms with van der Waals surface area (Å²) < 4.78 is 5.36. The standard InChI is InChI=1S/C13H27N3O2/c1-13(2)11-14-9-12(17)10-16(13)4-3-15-5-7-18-8-6-15/h12,14,17H,3-11H2,1-2H3. The lowest BCUT2D eigenvalue weighted by molar-refractivity contribution is 0.0204. The van der Waals surface area contributed by atoms with Gasteiger partial charge in [0.1, 0.15) is 0 Å². The molecule has 0 aromatic heterocycles. The maximum absolute atomic E-state index is 9.89. The van der Waals surface area contributed by atoms with E-state index < -0.39 is 0 Å². The van der Waals surface area contributed by atoms with Gasteiger partial charge in [-0.1, -0.05) is 0 Å². The molecule has 0 aromatic carbocycles. The number of morpholine rings is 1. The van der Waals surface area contributed by atoms with Crippen LogP contribution in [0.15, 0.2) is 0 Å². The van der Waals surface area contributed by atoms with Crippen LogP contribution in [0.3, 0.4) is 0 Å². The van der Waals surface area contributed by atoms with Gasteiger partial charge in [0, 0.05) is 51.4 Å². The SMILES string of the molecule is CC1(C)CNCC(O)CN1CCN1CCOCC1. The third-order valence-electron chi connectivity index (χ3n) is 4.01. The highest BCUT2D eigenvalue weighted by molar-refractivity contribution is 4.89.